The molecule has 1 unspecified atom stereocenters. The second-order valence-corrected chi connectivity index (χ2v) is 9.03. The fraction of sp³-hybridized carbons (Fsp3) is 0.474. The van der Waals surface area contributed by atoms with E-state index in [1.807, 2.05) is 12.1 Å². The third kappa shape index (κ3) is 8.03. The molecule has 130 valence electrons. The van der Waals surface area contributed by atoms with Crippen LogP contribution in [0.2, 0.25) is 4.82 Å². The van der Waals surface area contributed by atoms with Gasteiger partial charge < -0.3 is 0 Å². The summed E-state index contributed by atoms with van der Waals surface area (Å²) in [7, 11) is 0. The molecule has 0 aliphatic carbocycles. The first kappa shape index (κ1) is 20.8. The number of hydrogen-bond acceptors (Lipinski definition) is 4. The molecule has 1 atom stereocenters. The van der Waals surface area contributed by atoms with E-state index in [2.05, 4.69) is 55.2 Å². The molecular weight excluding hydrogens is 385 g/mol. The molecule has 0 radical (unpaired) electrons. The van der Waals surface area contributed by atoms with Crippen molar-refractivity contribution in [2.45, 2.75) is 50.9 Å². The monoisotopic (exact) mass is 411 g/mol. The van der Waals surface area contributed by atoms with Crippen LogP contribution in [0.15, 0.2) is 47.0 Å². The van der Waals surface area contributed by atoms with Crippen molar-refractivity contribution >= 4 is 42.8 Å². The quantitative estimate of drug-likeness (QED) is 0.203. The molecule has 0 amide bonds. The summed E-state index contributed by atoms with van der Waals surface area (Å²) in [5, 5.41) is 2.55. The number of ether oxygens (including phenoxy) is 1. The summed E-state index contributed by atoms with van der Waals surface area (Å²) in [5.74, 6) is -0.249. The van der Waals surface area contributed by atoms with Gasteiger partial charge in [-0.1, -0.05) is 0 Å². The van der Waals surface area contributed by atoms with Gasteiger partial charge in [-0.25, -0.2) is 0 Å². The van der Waals surface area contributed by atoms with E-state index in [1.54, 1.807) is 0 Å². The molecule has 0 heterocycles. The number of carbonyl (C=O) groups is 1. The topological polar surface area (TPSA) is 38.7 Å². The molecule has 0 saturated carbocycles. The van der Waals surface area contributed by atoms with Gasteiger partial charge in [-0.15, -0.1) is 0 Å². The maximum atomic E-state index is 10.8. The number of esters is 1. The van der Waals surface area contributed by atoms with Crippen LogP contribution in [0.1, 0.15) is 40.5 Å². The summed E-state index contributed by atoms with van der Waals surface area (Å²) in [6.07, 6.45) is 3.95. The molecule has 24 heavy (non-hydrogen) atoms. The van der Waals surface area contributed by atoms with Crippen LogP contribution in [0.3, 0.4) is 0 Å². The minimum atomic E-state index is -0.249. The Balaban J connectivity index is 2.75. The zero-order chi connectivity index (χ0) is 18.0. The Morgan fingerprint density at radius 2 is 2.04 bits per heavy atom. The predicted molar refractivity (Wildman–Crippen MR) is 104 cm³/mol. The number of rotatable bonds is 9. The number of aliphatic imine (C=N–C) groups is 1. The number of nitrogens with zero attached hydrogens (tertiary/aromatic N) is 1. The molecule has 3 nitrogen and oxygen atoms in total. The first-order valence-corrected chi connectivity index (χ1v) is 10.2. The zero-order valence-electron chi connectivity index (χ0n) is 14.7. The average Bonchev–Trinajstić information content (AvgIpc) is 2.51. The minimum absolute atomic E-state index is 0.228. The summed E-state index contributed by atoms with van der Waals surface area (Å²) in [6, 6.07) is 10.5. The van der Waals surface area contributed by atoms with Crippen molar-refractivity contribution in [1.29, 1.82) is 0 Å². The molecule has 0 saturated heterocycles. The molecule has 0 bridgehead atoms. The van der Waals surface area contributed by atoms with E-state index < -0.39 is 0 Å². The molecular formula is C19H25NO2SSe. The molecule has 0 fully saturated rings. The van der Waals surface area contributed by atoms with Gasteiger partial charge in [0, 0.05) is 0 Å². The summed E-state index contributed by atoms with van der Waals surface area (Å²) < 4.78 is 6.33. The van der Waals surface area contributed by atoms with Gasteiger partial charge in [0.2, 0.25) is 0 Å². The summed E-state index contributed by atoms with van der Waals surface area (Å²) in [6.45, 7) is 8.09. The molecule has 1 rings (SSSR count). The van der Waals surface area contributed by atoms with Crippen LogP contribution in [0.4, 0.5) is 0 Å². The van der Waals surface area contributed by atoms with Gasteiger partial charge in [-0.05, 0) is 0 Å². The van der Waals surface area contributed by atoms with Gasteiger partial charge >= 0.3 is 157 Å². The second-order valence-electron chi connectivity index (χ2n) is 6.17. The summed E-state index contributed by atoms with van der Waals surface area (Å²) in [5.41, 5.74) is 1.00. The van der Waals surface area contributed by atoms with Crippen LogP contribution in [0, 0.1) is 0 Å². The number of thiocarbonyl (C=S) groups is 1. The van der Waals surface area contributed by atoms with Crippen molar-refractivity contribution in [3.05, 3.63) is 42.0 Å². The molecule has 0 aliphatic rings. The summed E-state index contributed by atoms with van der Waals surface area (Å²) in [4.78, 5) is 15.6. The van der Waals surface area contributed by atoms with Gasteiger partial charge in [-0.3, -0.25) is 0 Å². The molecule has 1 aromatic rings. The van der Waals surface area contributed by atoms with E-state index in [0.29, 0.717) is 26.4 Å². The first-order valence-electron chi connectivity index (χ1n) is 7.95. The van der Waals surface area contributed by atoms with Crippen LogP contribution in [-0.4, -0.2) is 38.2 Å². The molecule has 5 heteroatoms. The van der Waals surface area contributed by atoms with E-state index in [9.17, 15) is 4.79 Å². The number of isothiocyanates is 1. The Bertz CT molecular complexity index is 607. The fourth-order valence-electron chi connectivity index (χ4n) is 2.17. The number of carbonyl (C=O) groups excluding carboxylic acids is 1. The van der Waals surface area contributed by atoms with Gasteiger partial charge in [0.05, 0.1) is 0 Å². The maximum absolute atomic E-state index is 10.8. The fourth-order valence-corrected chi connectivity index (χ4v) is 4.97. The van der Waals surface area contributed by atoms with Crippen molar-refractivity contribution in [3.8, 4) is 0 Å². The van der Waals surface area contributed by atoms with Gasteiger partial charge in [0.15, 0.2) is 0 Å². The van der Waals surface area contributed by atoms with E-state index in [0.717, 1.165) is 12.8 Å². The van der Waals surface area contributed by atoms with Crippen molar-refractivity contribution < 1.29 is 9.53 Å². The predicted octanol–water partition coefficient (Wildman–Crippen LogP) is 3.98. The van der Waals surface area contributed by atoms with Gasteiger partial charge in [0.25, 0.3) is 0 Å². The Hall–Kier alpha value is -1.25. The summed E-state index contributed by atoms with van der Waals surface area (Å²) >= 11 is 5.13. The number of hydrogen-bond donors (Lipinski definition) is 0. The molecule has 0 spiro atoms. The van der Waals surface area contributed by atoms with Gasteiger partial charge in [0.1, 0.15) is 0 Å². The third-order valence-electron chi connectivity index (χ3n) is 3.66. The van der Waals surface area contributed by atoms with Gasteiger partial charge in [-0.2, -0.15) is 0 Å². The van der Waals surface area contributed by atoms with Crippen LogP contribution in [0.25, 0.3) is 0 Å². The van der Waals surface area contributed by atoms with Crippen LogP contribution in [0.5, 0.6) is 0 Å². The van der Waals surface area contributed by atoms with E-state index in [4.69, 9.17) is 17.0 Å². The Morgan fingerprint density at radius 1 is 1.38 bits per heavy atom. The molecule has 1 aromatic carbocycles. The number of allylic oxidation sites excluding steroid dienone is 1. The van der Waals surface area contributed by atoms with Crippen molar-refractivity contribution in [2.75, 3.05) is 6.61 Å². The average molecular weight is 410 g/mol. The van der Waals surface area contributed by atoms with E-state index in [1.165, 1.54) is 17.0 Å². The normalized spacial score (nSPS) is 13.1. The first-order chi connectivity index (χ1) is 11.3. The van der Waals surface area contributed by atoms with Crippen LogP contribution >= 0.6 is 12.2 Å². The third-order valence-corrected chi connectivity index (χ3v) is 7.20. The van der Waals surface area contributed by atoms with E-state index in [-0.39, 0.29) is 11.5 Å². The molecule has 0 aromatic heterocycles. The van der Waals surface area contributed by atoms with Crippen molar-refractivity contribution in [3.63, 3.8) is 0 Å². The zero-order valence-corrected chi connectivity index (χ0v) is 17.3. The van der Waals surface area contributed by atoms with E-state index >= 15 is 0 Å². The van der Waals surface area contributed by atoms with Crippen molar-refractivity contribution in [2.24, 2.45) is 4.99 Å². The molecule has 0 N–H and O–H groups in total. The Labute approximate surface area is 156 Å². The number of benzene rings is 1. The standard InChI is InChI=1S/C19H25NO2SSe/c1-15(12-13-22-16(2)21)10-11-18(19(3,4)20-14-23)24-17-8-6-5-7-9-17/h5-9,12,18H,10-11,13H2,1-4H3/b15-12+. The molecule has 0 aliphatic heterocycles. The Morgan fingerprint density at radius 3 is 2.62 bits per heavy atom. The second kappa shape index (κ2) is 10.6. The SMILES string of the molecule is CC(=O)OC/C=C(\C)CCC([Se]c1ccccc1)C(C)(C)N=C=S. The Kier molecular flexibility index (Phi) is 9.17. The van der Waals surface area contributed by atoms with Crippen molar-refractivity contribution in [1.82, 2.24) is 0 Å². The van der Waals surface area contributed by atoms with Crippen LogP contribution in [-0.2, 0) is 9.53 Å². The van der Waals surface area contributed by atoms with Crippen LogP contribution < -0.4 is 4.46 Å².